The second-order valence-corrected chi connectivity index (χ2v) is 5.78. The molecule has 0 aromatic rings. The van der Waals surface area contributed by atoms with Gasteiger partial charge in [-0.05, 0) is 59.2 Å². The zero-order valence-electron chi connectivity index (χ0n) is 13.1. The molecule has 1 saturated heterocycles. The van der Waals surface area contributed by atoms with Gasteiger partial charge >= 0.3 is 0 Å². The van der Waals surface area contributed by atoms with Crippen LogP contribution in [0.4, 0.5) is 0 Å². The number of allylic oxidation sites excluding steroid dienone is 1. The SMILES string of the molecule is CCCOCCCNC1CCN(CC=C(C)C)CC1. The summed E-state index contributed by atoms with van der Waals surface area (Å²) in [7, 11) is 0. The van der Waals surface area contributed by atoms with E-state index in [0.29, 0.717) is 6.04 Å². The first-order valence-corrected chi connectivity index (χ1v) is 7.89. The molecule has 1 fully saturated rings. The van der Waals surface area contributed by atoms with Crippen LogP contribution in [0.1, 0.15) is 46.5 Å². The molecule has 1 rings (SSSR count). The van der Waals surface area contributed by atoms with Crippen molar-refractivity contribution in [3.8, 4) is 0 Å². The summed E-state index contributed by atoms with van der Waals surface area (Å²) in [5, 5.41) is 3.66. The van der Waals surface area contributed by atoms with E-state index in [1.54, 1.807) is 0 Å². The van der Waals surface area contributed by atoms with Crippen LogP contribution >= 0.6 is 0 Å². The molecular formula is C16H32N2O. The quantitative estimate of drug-likeness (QED) is 0.514. The van der Waals surface area contributed by atoms with Crippen LogP contribution in [-0.2, 0) is 4.74 Å². The molecule has 3 nitrogen and oxygen atoms in total. The van der Waals surface area contributed by atoms with Gasteiger partial charge in [-0.3, -0.25) is 4.90 Å². The maximum absolute atomic E-state index is 5.49. The highest BCUT2D eigenvalue weighted by Gasteiger charge is 2.17. The first-order chi connectivity index (χ1) is 9.22. The van der Waals surface area contributed by atoms with E-state index >= 15 is 0 Å². The number of likely N-dealkylation sites (tertiary alicyclic amines) is 1. The van der Waals surface area contributed by atoms with Crippen molar-refractivity contribution in [3.05, 3.63) is 11.6 Å². The molecule has 0 spiro atoms. The Morgan fingerprint density at radius 2 is 2.00 bits per heavy atom. The van der Waals surface area contributed by atoms with Crippen LogP contribution in [-0.4, -0.2) is 50.3 Å². The Bertz CT molecular complexity index is 241. The van der Waals surface area contributed by atoms with E-state index in [1.165, 1.54) is 31.5 Å². The van der Waals surface area contributed by atoms with Gasteiger partial charge < -0.3 is 10.1 Å². The van der Waals surface area contributed by atoms with Gasteiger partial charge in [0.15, 0.2) is 0 Å². The molecule has 112 valence electrons. The Morgan fingerprint density at radius 1 is 1.26 bits per heavy atom. The number of piperidine rings is 1. The normalized spacial score (nSPS) is 17.6. The van der Waals surface area contributed by atoms with Crippen molar-refractivity contribution in [2.24, 2.45) is 0 Å². The third-order valence-corrected chi connectivity index (χ3v) is 3.59. The summed E-state index contributed by atoms with van der Waals surface area (Å²) in [6.07, 6.45) is 7.16. The molecule has 0 amide bonds. The smallest absolute Gasteiger partial charge is 0.0478 e. The number of hydrogen-bond acceptors (Lipinski definition) is 3. The van der Waals surface area contributed by atoms with Crippen molar-refractivity contribution in [1.29, 1.82) is 0 Å². The second kappa shape index (κ2) is 10.4. The lowest BCUT2D eigenvalue weighted by Crippen LogP contribution is -2.42. The van der Waals surface area contributed by atoms with Crippen LogP contribution < -0.4 is 5.32 Å². The maximum Gasteiger partial charge on any atom is 0.0478 e. The van der Waals surface area contributed by atoms with Crippen LogP contribution in [0.25, 0.3) is 0 Å². The van der Waals surface area contributed by atoms with Crippen molar-refractivity contribution in [1.82, 2.24) is 10.2 Å². The molecule has 19 heavy (non-hydrogen) atoms. The Hall–Kier alpha value is -0.380. The molecule has 0 aliphatic carbocycles. The van der Waals surface area contributed by atoms with E-state index in [-0.39, 0.29) is 0 Å². The summed E-state index contributed by atoms with van der Waals surface area (Å²) < 4.78 is 5.49. The third kappa shape index (κ3) is 8.40. The molecule has 3 heteroatoms. The lowest BCUT2D eigenvalue weighted by Gasteiger charge is -2.31. The van der Waals surface area contributed by atoms with E-state index in [1.807, 2.05) is 0 Å². The van der Waals surface area contributed by atoms with Gasteiger partial charge in [-0.15, -0.1) is 0 Å². The monoisotopic (exact) mass is 268 g/mol. The minimum Gasteiger partial charge on any atom is -0.381 e. The lowest BCUT2D eigenvalue weighted by molar-refractivity contribution is 0.130. The highest BCUT2D eigenvalue weighted by atomic mass is 16.5. The van der Waals surface area contributed by atoms with Crippen LogP contribution in [0.3, 0.4) is 0 Å². The number of ether oxygens (including phenoxy) is 1. The zero-order chi connectivity index (χ0) is 13.9. The van der Waals surface area contributed by atoms with E-state index in [0.717, 1.165) is 39.1 Å². The molecule has 0 aromatic heterocycles. The summed E-state index contributed by atoms with van der Waals surface area (Å²) in [4.78, 5) is 2.55. The van der Waals surface area contributed by atoms with Gasteiger partial charge in [-0.25, -0.2) is 0 Å². The topological polar surface area (TPSA) is 24.5 Å². The van der Waals surface area contributed by atoms with E-state index in [2.05, 4.69) is 37.1 Å². The van der Waals surface area contributed by atoms with E-state index in [9.17, 15) is 0 Å². The molecule has 0 bridgehead atoms. The standard InChI is InChI=1S/C16H32N2O/c1-4-13-19-14-5-9-17-16-7-11-18(12-8-16)10-6-15(2)3/h6,16-17H,4-5,7-14H2,1-3H3. The minimum absolute atomic E-state index is 0.717. The molecule has 0 aromatic carbocycles. The van der Waals surface area contributed by atoms with Crippen LogP contribution in [0.5, 0.6) is 0 Å². The summed E-state index contributed by atoms with van der Waals surface area (Å²) in [6, 6.07) is 0.717. The van der Waals surface area contributed by atoms with Crippen molar-refractivity contribution in [2.75, 3.05) is 39.4 Å². The zero-order valence-corrected chi connectivity index (χ0v) is 13.1. The number of hydrogen-bond donors (Lipinski definition) is 1. The van der Waals surface area contributed by atoms with Gasteiger partial charge in [0, 0.05) is 25.8 Å². The Labute approximate surface area is 119 Å². The molecule has 0 saturated carbocycles. The van der Waals surface area contributed by atoms with Gasteiger partial charge in [0.1, 0.15) is 0 Å². The van der Waals surface area contributed by atoms with Crippen molar-refractivity contribution < 1.29 is 4.74 Å². The highest BCUT2D eigenvalue weighted by Crippen LogP contribution is 2.10. The second-order valence-electron chi connectivity index (χ2n) is 5.78. The Morgan fingerprint density at radius 3 is 2.63 bits per heavy atom. The first kappa shape index (κ1) is 16.7. The van der Waals surface area contributed by atoms with Gasteiger partial charge in [-0.1, -0.05) is 18.6 Å². The molecule has 0 atom stereocenters. The van der Waals surface area contributed by atoms with E-state index < -0.39 is 0 Å². The first-order valence-electron chi connectivity index (χ1n) is 7.89. The molecule has 1 N–H and O–H groups in total. The van der Waals surface area contributed by atoms with Crippen molar-refractivity contribution in [3.63, 3.8) is 0 Å². The predicted molar refractivity (Wildman–Crippen MR) is 82.6 cm³/mol. The summed E-state index contributed by atoms with van der Waals surface area (Å²) in [5.74, 6) is 0. The van der Waals surface area contributed by atoms with Gasteiger partial charge in [-0.2, -0.15) is 0 Å². The number of nitrogens with one attached hydrogen (secondary N) is 1. The van der Waals surface area contributed by atoms with Gasteiger partial charge in [0.05, 0.1) is 0 Å². The van der Waals surface area contributed by atoms with Gasteiger partial charge in [0.2, 0.25) is 0 Å². The Balaban J connectivity index is 1.99. The summed E-state index contributed by atoms with van der Waals surface area (Å²) in [6.45, 7) is 13.0. The van der Waals surface area contributed by atoms with Crippen molar-refractivity contribution >= 4 is 0 Å². The summed E-state index contributed by atoms with van der Waals surface area (Å²) in [5.41, 5.74) is 1.42. The fourth-order valence-electron chi connectivity index (χ4n) is 2.36. The average molecular weight is 268 g/mol. The lowest BCUT2D eigenvalue weighted by atomic mass is 10.0. The molecule has 1 aliphatic rings. The maximum atomic E-state index is 5.49. The summed E-state index contributed by atoms with van der Waals surface area (Å²) >= 11 is 0. The van der Waals surface area contributed by atoms with Crippen molar-refractivity contribution in [2.45, 2.75) is 52.5 Å². The Kier molecular flexibility index (Phi) is 9.14. The highest BCUT2D eigenvalue weighted by molar-refractivity contribution is 4.95. The third-order valence-electron chi connectivity index (χ3n) is 3.59. The average Bonchev–Trinajstić information content (AvgIpc) is 2.41. The van der Waals surface area contributed by atoms with E-state index in [4.69, 9.17) is 4.74 Å². The molecule has 0 unspecified atom stereocenters. The fourth-order valence-corrected chi connectivity index (χ4v) is 2.36. The predicted octanol–water partition coefficient (Wildman–Crippen LogP) is 2.82. The fraction of sp³-hybridized carbons (Fsp3) is 0.875. The minimum atomic E-state index is 0.717. The van der Waals surface area contributed by atoms with Crippen LogP contribution in [0.15, 0.2) is 11.6 Å². The van der Waals surface area contributed by atoms with Crippen LogP contribution in [0, 0.1) is 0 Å². The molecule has 1 aliphatic heterocycles. The number of nitrogens with zero attached hydrogens (tertiary/aromatic N) is 1. The van der Waals surface area contributed by atoms with Gasteiger partial charge in [0.25, 0.3) is 0 Å². The molecule has 0 radical (unpaired) electrons. The molecule has 1 heterocycles. The molecular weight excluding hydrogens is 236 g/mol. The number of rotatable bonds is 9. The largest absolute Gasteiger partial charge is 0.381 e. The van der Waals surface area contributed by atoms with Crippen LogP contribution in [0.2, 0.25) is 0 Å².